The van der Waals surface area contributed by atoms with E-state index in [2.05, 4.69) is 35.6 Å². The molecule has 0 aromatic carbocycles. The first-order valence-electron chi connectivity index (χ1n) is 5.94. The Morgan fingerprint density at radius 1 is 1.13 bits per heavy atom. The SMILES string of the molecule is CCCCCCCCC#Cc1ccsc1. The first-order chi connectivity index (χ1) is 7.43. The molecule has 0 N–H and O–H groups in total. The van der Waals surface area contributed by atoms with Gasteiger partial charge in [0.1, 0.15) is 0 Å². The summed E-state index contributed by atoms with van der Waals surface area (Å²) in [7, 11) is 0. The molecule has 0 saturated heterocycles. The van der Waals surface area contributed by atoms with Crippen molar-refractivity contribution >= 4 is 11.3 Å². The van der Waals surface area contributed by atoms with Gasteiger partial charge >= 0.3 is 0 Å². The van der Waals surface area contributed by atoms with Crippen molar-refractivity contribution in [3.05, 3.63) is 22.4 Å². The van der Waals surface area contributed by atoms with Crippen LogP contribution < -0.4 is 0 Å². The van der Waals surface area contributed by atoms with Crippen LogP contribution in [0.5, 0.6) is 0 Å². The highest BCUT2D eigenvalue weighted by Crippen LogP contribution is 2.07. The molecule has 0 spiro atoms. The summed E-state index contributed by atoms with van der Waals surface area (Å²) in [6.45, 7) is 2.26. The van der Waals surface area contributed by atoms with Gasteiger partial charge in [-0.25, -0.2) is 0 Å². The Labute approximate surface area is 97.7 Å². The molecule has 0 aliphatic carbocycles. The summed E-state index contributed by atoms with van der Waals surface area (Å²) in [5.74, 6) is 6.42. The first kappa shape index (κ1) is 12.3. The highest BCUT2D eigenvalue weighted by Gasteiger charge is 1.88. The van der Waals surface area contributed by atoms with Gasteiger partial charge in [-0.05, 0) is 17.9 Å². The molecule has 0 saturated carbocycles. The Morgan fingerprint density at radius 3 is 2.67 bits per heavy atom. The van der Waals surface area contributed by atoms with Crippen LogP contribution in [-0.2, 0) is 0 Å². The highest BCUT2D eigenvalue weighted by molar-refractivity contribution is 7.08. The minimum Gasteiger partial charge on any atom is -0.151 e. The van der Waals surface area contributed by atoms with Crippen LogP contribution in [0, 0.1) is 11.8 Å². The average molecular weight is 220 g/mol. The third-order valence-electron chi connectivity index (χ3n) is 2.41. The molecule has 0 nitrogen and oxygen atoms in total. The van der Waals surface area contributed by atoms with Crippen LogP contribution in [0.25, 0.3) is 0 Å². The number of rotatable bonds is 6. The normalized spacial score (nSPS) is 9.67. The molecule has 0 fully saturated rings. The summed E-state index contributed by atoms with van der Waals surface area (Å²) in [5, 5.41) is 4.18. The Morgan fingerprint density at radius 2 is 1.93 bits per heavy atom. The third-order valence-corrected chi connectivity index (χ3v) is 3.09. The summed E-state index contributed by atoms with van der Waals surface area (Å²) in [6.07, 6.45) is 9.17. The molecule has 0 unspecified atom stereocenters. The van der Waals surface area contributed by atoms with Crippen LogP contribution in [0.3, 0.4) is 0 Å². The van der Waals surface area contributed by atoms with E-state index in [1.807, 2.05) is 0 Å². The van der Waals surface area contributed by atoms with Crippen molar-refractivity contribution in [2.24, 2.45) is 0 Å². The van der Waals surface area contributed by atoms with E-state index in [0.29, 0.717) is 0 Å². The fourth-order valence-electron chi connectivity index (χ4n) is 1.49. The molecule has 1 heterocycles. The average Bonchev–Trinajstić information content (AvgIpc) is 2.75. The van der Waals surface area contributed by atoms with Crippen LogP contribution >= 0.6 is 11.3 Å². The van der Waals surface area contributed by atoms with Gasteiger partial charge in [0.25, 0.3) is 0 Å². The number of thiophene rings is 1. The van der Waals surface area contributed by atoms with Crippen molar-refractivity contribution in [1.82, 2.24) is 0 Å². The smallest absolute Gasteiger partial charge is 0.0352 e. The third kappa shape index (κ3) is 6.36. The largest absolute Gasteiger partial charge is 0.151 e. The van der Waals surface area contributed by atoms with E-state index in [9.17, 15) is 0 Å². The van der Waals surface area contributed by atoms with Gasteiger partial charge < -0.3 is 0 Å². The van der Waals surface area contributed by atoms with Gasteiger partial charge in [0.2, 0.25) is 0 Å². The number of hydrogen-bond acceptors (Lipinski definition) is 1. The van der Waals surface area contributed by atoms with Gasteiger partial charge in [-0.3, -0.25) is 0 Å². The fraction of sp³-hybridized carbons (Fsp3) is 0.571. The maximum Gasteiger partial charge on any atom is 0.0352 e. The second-order valence-corrected chi connectivity index (χ2v) is 4.61. The molecule has 0 aliphatic rings. The van der Waals surface area contributed by atoms with Crippen molar-refractivity contribution < 1.29 is 0 Å². The monoisotopic (exact) mass is 220 g/mol. The van der Waals surface area contributed by atoms with Crippen LogP contribution in [0.4, 0.5) is 0 Å². The zero-order valence-electron chi connectivity index (χ0n) is 9.59. The van der Waals surface area contributed by atoms with E-state index in [1.54, 1.807) is 11.3 Å². The van der Waals surface area contributed by atoms with Crippen molar-refractivity contribution in [2.75, 3.05) is 0 Å². The molecule has 1 rings (SSSR count). The van der Waals surface area contributed by atoms with E-state index in [4.69, 9.17) is 0 Å². The summed E-state index contributed by atoms with van der Waals surface area (Å²) < 4.78 is 0. The zero-order chi connectivity index (χ0) is 10.8. The minimum atomic E-state index is 1.06. The summed E-state index contributed by atoms with van der Waals surface area (Å²) >= 11 is 1.71. The van der Waals surface area contributed by atoms with Gasteiger partial charge in [0, 0.05) is 17.4 Å². The van der Waals surface area contributed by atoms with Gasteiger partial charge in [0.05, 0.1) is 0 Å². The lowest BCUT2D eigenvalue weighted by molar-refractivity contribution is 0.614. The minimum absolute atomic E-state index is 1.06. The molecule has 1 aromatic rings. The van der Waals surface area contributed by atoms with Crippen molar-refractivity contribution in [3.63, 3.8) is 0 Å². The first-order valence-corrected chi connectivity index (χ1v) is 6.89. The zero-order valence-corrected chi connectivity index (χ0v) is 10.4. The molecule has 0 aliphatic heterocycles. The summed E-state index contributed by atoms with van der Waals surface area (Å²) in [6, 6.07) is 2.08. The van der Waals surface area contributed by atoms with E-state index in [0.717, 1.165) is 6.42 Å². The van der Waals surface area contributed by atoms with Crippen LogP contribution in [-0.4, -0.2) is 0 Å². The maximum atomic E-state index is 3.24. The Balaban J connectivity index is 1.97. The number of unbranched alkanes of at least 4 members (excludes halogenated alkanes) is 6. The lowest BCUT2D eigenvalue weighted by atomic mass is 10.1. The standard InChI is InChI=1S/C14H20S/c1-2-3-4-5-6-7-8-9-10-14-11-12-15-13-14/h11-13H,2-8H2,1H3. The van der Waals surface area contributed by atoms with Crippen molar-refractivity contribution in [2.45, 2.75) is 51.9 Å². The van der Waals surface area contributed by atoms with Gasteiger partial charge in [-0.15, -0.1) is 0 Å². The van der Waals surface area contributed by atoms with E-state index in [-0.39, 0.29) is 0 Å². The van der Waals surface area contributed by atoms with Gasteiger partial charge in [-0.1, -0.05) is 50.9 Å². The number of hydrogen-bond donors (Lipinski definition) is 0. The summed E-state index contributed by atoms with van der Waals surface area (Å²) in [5.41, 5.74) is 1.17. The quantitative estimate of drug-likeness (QED) is 0.475. The van der Waals surface area contributed by atoms with Crippen LogP contribution in [0.1, 0.15) is 57.4 Å². The second-order valence-electron chi connectivity index (χ2n) is 3.83. The van der Waals surface area contributed by atoms with Crippen molar-refractivity contribution in [1.29, 1.82) is 0 Å². The maximum absolute atomic E-state index is 3.24. The van der Waals surface area contributed by atoms with Crippen LogP contribution in [0.15, 0.2) is 16.8 Å². The Bertz CT molecular complexity index is 287. The highest BCUT2D eigenvalue weighted by atomic mass is 32.1. The predicted molar refractivity (Wildman–Crippen MR) is 69.2 cm³/mol. The van der Waals surface area contributed by atoms with E-state index >= 15 is 0 Å². The topological polar surface area (TPSA) is 0 Å². The molecule has 1 heteroatoms. The molecule has 82 valence electrons. The molecular formula is C14H20S. The van der Waals surface area contributed by atoms with E-state index < -0.39 is 0 Å². The van der Waals surface area contributed by atoms with Crippen LogP contribution in [0.2, 0.25) is 0 Å². The lowest BCUT2D eigenvalue weighted by Crippen LogP contribution is -1.77. The molecule has 15 heavy (non-hydrogen) atoms. The lowest BCUT2D eigenvalue weighted by Gasteiger charge is -1.96. The molecule has 1 aromatic heterocycles. The molecular weight excluding hydrogens is 200 g/mol. The molecule has 0 radical (unpaired) electrons. The fourth-order valence-corrected chi connectivity index (χ4v) is 2.08. The van der Waals surface area contributed by atoms with Crippen molar-refractivity contribution in [3.8, 4) is 11.8 Å². The Kier molecular flexibility index (Phi) is 7.04. The van der Waals surface area contributed by atoms with Gasteiger partial charge in [-0.2, -0.15) is 11.3 Å². The molecule has 0 amide bonds. The predicted octanol–water partition coefficient (Wildman–Crippen LogP) is 4.85. The molecule has 0 atom stereocenters. The summed E-state index contributed by atoms with van der Waals surface area (Å²) in [4.78, 5) is 0. The van der Waals surface area contributed by atoms with Gasteiger partial charge in [0.15, 0.2) is 0 Å². The van der Waals surface area contributed by atoms with E-state index in [1.165, 1.54) is 44.1 Å². The molecule has 0 bridgehead atoms. The Hall–Kier alpha value is -0.740. The second kappa shape index (κ2) is 8.56.